The molecule has 1 fully saturated rings. The van der Waals surface area contributed by atoms with E-state index in [1.54, 1.807) is 12.1 Å². The van der Waals surface area contributed by atoms with E-state index in [2.05, 4.69) is 17.0 Å². The number of β-amino-alcohol motifs (C(OH)–C–C–N with tert-alkyl or cyclic N) is 1. The summed E-state index contributed by atoms with van der Waals surface area (Å²) in [7, 11) is -3.46. The van der Waals surface area contributed by atoms with Gasteiger partial charge in [0.25, 0.3) is 0 Å². The fourth-order valence-electron chi connectivity index (χ4n) is 4.19. The van der Waals surface area contributed by atoms with Crippen molar-refractivity contribution in [3.63, 3.8) is 0 Å². The Morgan fingerprint density at radius 3 is 2.43 bits per heavy atom. The lowest BCUT2D eigenvalue weighted by Gasteiger charge is -2.34. The van der Waals surface area contributed by atoms with Gasteiger partial charge >= 0.3 is 0 Å². The van der Waals surface area contributed by atoms with E-state index in [1.807, 2.05) is 25.1 Å². The Hall–Kier alpha value is -1.93. The Labute approximate surface area is 179 Å². The molecule has 0 unspecified atom stereocenters. The minimum absolute atomic E-state index is 0.237. The standard InChI is InChI=1S/C23H30N2O4S/c1-18-5-9-23(10-6-18)30(27,28)25-13-11-24(12-14-25)16-21(26)17-29-22-8-7-19-3-2-4-20(19)15-22/h5-10,15,21,26H,2-4,11-14,16-17H2,1H3/t21-/m1/s1. The monoisotopic (exact) mass is 430 g/mol. The highest BCUT2D eigenvalue weighted by Crippen LogP contribution is 2.26. The quantitative estimate of drug-likeness (QED) is 0.730. The molecule has 30 heavy (non-hydrogen) atoms. The van der Waals surface area contributed by atoms with E-state index >= 15 is 0 Å². The summed E-state index contributed by atoms with van der Waals surface area (Å²) in [6.45, 7) is 4.70. The number of rotatable bonds is 7. The number of sulfonamides is 1. The number of benzene rings is 2. The lowest BCUT2D eigenvalue weighted by Crippen LogP contribution is -2.50. The highest BCUT2D eigenvalue weighted by atomic mass is 32.2. The average Bonchev–Trinajstić information content (AvgIpc) is 3.21. The molecule has 1 aliphatic carbocycles. The number of aryl methyl sites for hydroxylation is 3. The highest BCUT2D eigenvalue weighted by Gasteiger charge is 2.29. The van der Waals surface area contributed by atoms with Crippen LogP contribution in [-0.2, 0) is 22.9 Å². The second-order valence-corrected chi connectivity index (χ2v) is 10.2. The topological polar surface area (TPSA) is 70.1 Å². The van der Waals surface area contributed by atoms with Gasteiger partial charge in [0.15, 0.2) is 0 Å². The molecular formula is C23H30N2O4S. The maximum atomic E-state index is 12.8. The molecule has 1 heterocycles. The fraction of sp³-hybridized carbons (Fsp3) is 0.478. The number of ether oxygens (including phenoxy) is 1. The summed E-state index contributed by atoms with van der Waals surface area (Å²) >= 11 is 0. The molecule has 162 valence electrons. The molecule has 0 bridgehead atoms. The summed E-state index contributed by atoms with van der Waals surface area (Å²) in [5.74, 6) is 0.809. The summed E-state index contributed by atoms with van der Waals surface area (Å²) in [4.78, 5) is 2.43. The van der Waals surface area contributed by atoms with Crippen LogP contribution in [0.4, 0.5) is 0 Å². The summed E-state index contributed by atoms with van der Waals surface area (Å²) in [6, 6.07) is 13.2. The molecule has 0 saturated carbocycles. The minimum Gasteiger partial charge on any atom is -0.491 e. The third kappa shape index (κ3) is 4.86. The van der Waals surface area contributed by atoms with Crippen molar-refractivity contribution in [2.75, 3.05) is 39.3 Å². The first kappa shape index (κ1) is 21.3. The van der Waals surface area contributed by atoms with Crippen molar-refractivity contribution in [1.82, 2.24) is 9.21 Å². The van der Waals surface area contributed by atoms with Crippen LogP contribution in [0, 0.1) is 6.92 Å². The van der Waals surface area contributed by atoms with Gasteiger partial charge in [-0.05, 0) is 61.6 Å². The molecule has 2 aliphatic rings. The Balaban J connectivity index is 1.24. The van der Waals surface area contributed by atoms with Gasteiger partial charge in [-0.25, -0.2) is 8.42 Å². The third-order valence-corrected chi connectivity index (χ3v) is 7.88. The van der Waals surface area contributed by atoms with Gasteiger partial charge < -0.3 is 9.84 Å². The van der Waals surface area contributed by atoms with E-state index in [0.717, 1.165) is 24.2 Å². The van der Waals surface area contributed by atoms with E-state index < -0.39 is 16.1 Å². The molecule has 4 rings (SSSR count). The van der Waals surface area contributed by atoms with Crippen LogP contribution in [0.5, 0.6) is 5.75 Å². The second-order valence-electron chi connectivity index (χ2n) is 8.27. The van der Waals surface area contributed by atoms with Crippen molar-refractivity contribution < 1.29 is 18.3 Å². The van der Waals surface area contributed by atoms with Gasteiger partial charge in [-0.2, -0.15) is 4.31 Å². The smallest absolute Gasteiger partial charge is 0.243 e. The van der Waals surface area contributed by atoms with Gasteiger partial charge in [-0.3, -0.25) is 4.90 Å². The molecule has 2 aromatic rings. The lowest BCUT2D eigenvalue weighted by atomic mass is 10.1. The normalized spacial score (nSPS) is 18.9. The van der Waals surface area contributed by atoms with Crippen molar-refractivity contribution in [1.29, 1.82) is 0 Å². The zero-order chi connectivity index (χ0) is 21.1. The van der Waals surface area contributed by atoms with Crippen LogP contribution < -0.4 is 4.74 Å². The third-order valence-electron chi connectivity index (χ3n) is 5.97. The first-order valence-electron chi connectivity index (χ1n) is 10.6. The molecule has 6 nitrogen and oxygen atoms in total. The highest BCUT2D eigenvalue weighted by molar-refractivity contribution is 7.89. The van der Waals surface area contributed by atoms with E-state index in [4.69, 9.17) is 4.74 Å². The molecular weight excluding hydrogens is 400 g/mol. The van der Waals surface area contributed by atoms with Crippen molar-refractivity contribution in [2.24, 2.45) is 0 Å². The fourth-order valence-corrected chi connectivity index (χ4v) is 5.62. The summed E-state index contributed by atoms with van der Waals surface area (Å²) in [5, 5.41) is 10.4. The summed E-state index contributed by atoms with van der Waals surface area (Å²) in [6.07, 6.45) is 2.83. The van der Waals surface area contributed by atoms with Crippen LogP contribution in [-0.4, -0.2) is 68.2 Å². The molecule has 0 aromatic heterocycles. The van der Waals surface area contributed by atoms with Gasteiger partial charge in [0.2, 0.25) is 10.0 Å². The number of fused-ring (bicyclic) bond motifs is 1. The zero-order valence-corrected chi connectivity index (χ0v) is 18.3. The molecule has 1 atom stereocenters. The SMILES string of the molecule is Cc1ccc(S(=O)(=O)N2CCN(C[C@@H](O)COc3ccc4c(c3)CCC4)CC2)cc1. The molecule has 7 heteroatoms. The Bertz CT molecular complexity index is 967. The number of aliphatic hydroxyl groups is 1. The molecule has 1 N–H and O–H groups in total. The maximum Gasteiger partial charge on any atom is 0.243 e. The van der Waals surface area contributed by atoms with Gasteiger partial charge in [0.1, 0.15) is 18.5 Å². The lowest BCUT2D eigenvalue weighted by molar-refractivity contribution is 0.0569. The number of hydrogen-bond donors (Lipinski definition) is 1. The molecule has 1 saturated heterocycles. The number of nitrogens with zero attached hydrogens (tertiary/aromatic N) is 2. The number of aliphatic hydroxyl groups excluding tert-OH is 1. The van der Waals surface area contributed by atoms with Gasteiger partial charge in [-0.15, -0.1) is 0 Å². The van der Waals surface area contributed by atoms with E-state index in [9.17, 15) is 13.5 Å². The van der Waals surface area contributed by atoms with Crippen LogP contribution >= 0.6 is 0 Å². The average molecular weight is 431 g/mol. The first-order chi connectivity index (χ1) is 14.4. The Morgan fingerprint density at radius 1 is 1.00 bits per heavy atom. The Morgan fingerprint density at radius 2 is 1.70 bits per heavy atom. The van der Waals surface area contributed by atoms with Crippen LogP contribution in [0.15, 0.2) is 47.4 Å². The molecule has 0 spiro atoms. The van der Waals surface area contributed by atoms with Crippen molar-refractivity contribution in [3.05, 3.63) is 59.2 Å². The van der Waals surface area contributed by atoms with Crippen molar-refractivity contribution >= 4 is 10.0 Å². The van der Waals surface area contributed by atoms with E-state index in [1.165, 1.54) is 21.9 Å². The van der Waals surface area contributed by atoms with Gasteiger partial charge in [-0.1, -0.05) is 23.8 Å². The van der Waals surface area contributed by atoms with Crippen LogP contribution in [0.1, 0.15) is 23.1 Å². The predicted molar refractivity (Wildman–Crippen MR) is 116 cm³/mol. The largest absolute Gasteiger partial charge is 0.491 e. The molecule has 2 aromatic carbocycles. The van der Waals surface area contributed by atoms with E-state index in [0.29, 0.717) is 37.6 Å². The number of piperazine rings is 1. The molecule has 1 aliphatic heterocycles. The maximum absolute atomic E-state index is 12.8. The minimum atomic E-state index is -3.46. The Kier molecular flexibility index (Phi) is 6.43. The van der Waals surface area contributed by atoms with Crippen molar-refractivity contribution in [3.8, 4) is 5.75 Å². The summed E-state index contributed by atoms with van der Waals surface area (Å²) < 4.78 is 32.9. The van der Waals surface area contributed by atoms with Gasteiger partial charge in [0.05, 0.1) is 4.90 Å². The van der Waals surface area contributed by atoms with E-state index in [-0.39, 0.29) is 6.61 Å². The molecule has 0 radical (unpaired) electrons. The zero-order valence-electron chi connectivity index (χ0n) is 17.5. The summed E-state index contributed by atoms with van der Waals surface area (Å²) in [5.41, 5.74) is 3.80. The van der Waals surface area contributed by atoms with Gasteiger partial charge in [0, 0.05) is 32.7 Å². The predicted octanol–water partition coefficient (Wildman–Crippen LogP) is 2.23. The van der Waals surface area contributed by atoms with Crippen molar-refractivity contribution in [2.45, 2.75) is 37.2 Å². The van der Waals surface area contributed by atoms with Crippen LogP contribution in [0.25, 0.3) is 0 Å². The first-order valence-corrected chi connectivity index (χ1v) is 12.1. The number of hydrogen-bond acceptors (Lipinski definition) is 5. The van der Waals surface area contributed by atoms with Crippen LogP contribution in [0.3, 0.4) is 0 Å². The van der Waals surface area contributed by atoms with Crippen LogP contribution in [0.2, 0.25) is 0 Å². The molecule has 0 amide bonds. The second kappa shape index (κ2) is 9.06.